The van der Waals surface area contributed by atoms with Crippen LogP contribution in [0.15, 0.2) is 17.1 Å². The Morgan fingerprint density at radius 1 is 0.577 bits per heavy atom. The Balaban J connectivity index is 1.76. The van der Waals surface area contributed by atoms with E-state index in [1.54, 1.807) is 0 Å². The summed E-state index contributed by atoms with van der Waals surface area (Å²) in [6, 6.07) is 1.40. The second-order valence-electron chi connectivity index (χ2n) is 22.6. The Labute approximate surface area is 474 Å². The van der Waals surface area contributed by atoms with Crippen molar-refractivity contribution in [2.24, 2.45) is 0 Å². The van der Waals surface area contributed by atoms with E-state index in [9.17, 15) is 34.1 Å². The van der Waals surface area contributed by atoms with Crippen molar-refractivity contribution in [1.29, 1.82) is 0 Å². The molecule has 0 saturated carbocycles. The summed E-state index contributed by atoms with van der Waals surface area (Å²) in [7, 11) is -4.80. The molecule has 15 nitrogen and oxygen atoms in total. The van der Waals surface area contributed by atoms with Gasteiger partial charge in [-0.05, 0) is 25.3 Å². The normalized spacial score (nSPS) is 17.6. The largest absolute Gasteiger partial charge is 0.472 e. The van der Waals surface area contributed by atoms with E-state index in [2.05, 4.69) is 31.1 Å². The Morgan fingerprint density at radius 3 is 1.40 bits per heavy atom. The van der Waals surface area contributed by atoms with Crippen LogP contribution >= 0.6 is 7.82 Å². The molecule has 0 radical (unpaired) electrons. The lowest BCUT2D eigenvalue weighted by Crippen LogP contribution is -2.36. The first-order chi connectivity index (χ1) is 38.0. The number of hydrogen-bond donors (Lipinski definition) is 4. The lowest BCUT2D eigenvalue weighted by molar-refractivity contribution is -0.154. The number of ether oxygens (including phenoxy) is 3. The number of carbonyl (C=O) groups is 2. The highest BCUT2D eigenvalue weighted by atomic mass is 31.2. The summed E-state index contributed by atoms with van der Waals surface area (Å²) in [5.41, 5.74) is -0.838. The number of aliphatic hydroxyl groups is 2. The van der Waals surface area contributed by atoms with E-state index in [-0.39, 0.29) is 24.8 Å². The van der Waals surface area contributed by atoms with E-state index >= 15 is 0 Å². The predicted molar refractivity (Wildman–Crippen MR) is 316 cm³/mol. The number of unbranched alkanes of at least 4 members (excludes halogenated alkanes) is 39. The lowest BCUT2D eigenvalue weighted by Gasteiger charge is -2.21. The first-order valence-electron chi connectivity index (χ1n) is 32.3. The number of carbonyl (C=O) groups excluding carboxylic acids is 2. The molecule has 0 spiro atoms. The molecule has 78 heavy (non-hydrogen) atoms. The highest BCUT2D eigenvalue weighted by Gasteiger charge is 2.45. The summed E-state index contributed by atoms with van der Waals surface area (Å²) >= 11 is 0. The van der Waals surface area contributed by atoms with Gasteiger partial charge >= 0.3 is 19.5 Å². The average Bonchev–Trinajstić information content (AvgIpc) is 3.70. The minimum Gasteiger partial charge on any atom is -0.457 e. The predicted octanol–water partition coefficient (Wildman–Crippen LogP) is 16.1. The van der Waals surface area contributed by atoms with Gasteiger partial charge in [0.15, 0.2) is 6.23 Å². The number of amides is 1. The molecule has 1 aliphatic rings. The standard InChI is InChI=1S/C62H116N3O12P/c1-4-7-10-13-16-19-22-25-26-27-30-33-36-39-42-45-50-73-51-54(76-58(67)47-44-41-38-35-32-29-24-21-18-15-12-9-6-3)52-74-78(71,72)75-53-55-59(68)60(69)61(77-55)65-49-48-56(64-62(65)70)63-57(66)46-43-40-37-34-31-28-23-20-17-14-11-8-5-2/h48-49,54-55,59-61,68-69H,4-47,50-53H2,1-3H3,(H,71,72)(H,63,64,66,70)/t54?,55-,59-,60+,61-/m1/s1. The maximum Gasteiger partial charge on any atom is 0.472 e. The van der Waals surface area contributed by atoms with Crippen LogP contribution in [0, 0.1) is 0 Å². The van der Waals surface area contributed by atoms with Crippen molar-refractivity contribution < 1.29 is 52.5 Å². The Bertz CT molecular complexity index is 1690. The quantitative estimate of drug-likeness (QED) is 0.0273. The van der Waals surface area contributed by atoms with Crippen molar-refractivity contribution in [3.8, 4) is 0 Å². The summed E-state index contributed by atoms with van der Waals surface area (Å²) in [4.78, 5) is 53.3. The van der Waals surface area contributed by atoms with Crippen molar-refractivity contribution in [2.45, 2.75) is 334 Å². The van der Waals surface area contributed by atoms with Gasteiger partial charge in [0.1, 0.15) is 30.2 Å². The average molecular weight is 1130 g/mol. The number of anilines is 1. The van der Waals surface area contributed by atoms with E-state index in [1.807, 2.05) is 0 Å². The molecule has 4 N–H and O–H groups in total. The van der Waals surface area contributed by atoms with Crippen molar-refractivity contribution >= 4 is 25.5 Å². The number of nitrogens with one attached hydrogen (secondary N) is 1. The zero-order chi connectivity index (χ0) is 56.6. The van der Waals surface area contributed by atoms with Gasteiger partial charge in [-0.2, -0.15) is 4.98 Å². The van der Waals surface area contributed by atoms with Crippen LogP contribution in [-0.2, 0) is 37.4 Å². The van der Waals surface area contributed by atoms with E-state index < -0.39 is 63.3 Å². The number of aliphatic hydroxyl groups excluding tert-OH is 2. The molecule has 2 heterocycles. The van der Waals surface area contributed by atoms with Crippen molar-refractivity contribution in [2.75, 3.05) is 31.7 Å². The van der Waals surface area contributed by atoms with Gasteiger partial charge in [-0.1, -0.05) is 271 Å². The molecule has 6 atom stereocenters. The third-order valence-electron chi connectivity index (χ3n) is 15.3. The molecule has 2 unspecified atom stereocenters. The number of phosphoric acid groups is 1. The molecule has 1 saturated heterocycles. The SMILES string of the molecule is CCCCCCCCCCCCCCCCCCOCC(COP(=O)(O)OC[C@H]1O[C@@H](n2ccc(NC(=O)CCCCCCCCCCCCCCC)nc2=O)[C@@H](O)[C@@H]1O)OC(=O)CCCCCCCCCCCCCCC. The second kappa shape index (κ2) is 49.4. The molecule has 1 amide bonds. The molecule has 0 aliphatic carbocycles. The fourth-order valence-corrected chi connectivity index (χ4v) is 11.0. The van der Waals surface area contributed by atoms with Crippen molar-refractivity contribution in [3.63, 3.8) is 0 Å². The fourth-order valence-electron chi connectivity index (χ4n) is 10.3. The number of esters is 1. The van der Waals surface area contributed by atoms with Gasteiger partial charge in [-0.3, -0.25) is 23.2 Å². The summed E-state index contributed by atoms with van der Waals surface area (Å²) in [6.07, 6.45) is 46.3. The second-order valence-corrected chi connectivity index (χ2v) is 24.1. The number of hydrogen-bond acceptors (Lipinski definition) is 12. The minimum absolute atomic E-state index is 0.0217. The van der Waals surface area contributed by atoms with E-state index in [0.29, 0.717) is 19.4 Å². The summed E-state index contributed by atoms with van der Waals surface area (Å²) in [5.74, 6) is -0.633. The topological polar surface area (TPSA) is 205 Å². The van der Waals surface area contributed by atoms with Gasteiger partial charge in [0.25, 0.3) is 0 Å². The monoisotopic (exact) mass is 1130 g/mol. The lowest BCUT2D eigenvalue weighted by atomic mass is 10.0. The van der Waals surface area contributed by atoms with Gasteiger partial charge in [0.05, 0.1) is 19.8 Å². The van der Waals surface area contributed by atoms with Gasteiger partial charge in [-0.15, -0.1) is 0 Å². The molecule has 456 valence electrons. The molecule has 0 aromatic carbocycles. The van der Waals surface area contributed by atoms with E-state index in [4.69, 9.17) is 23.3 Å². The summed E-state index contributed by atoms with van der Waals surface area (Å²) in [6.45, 7) is 6.04. The molecule has 1 fully saturated rings. The van der Waals surface area contributed by atoms with Crippen LogP contribution in [0.2, 0.25) is 0 Å². The van der Waals surface area contributed by atoms with Crippen LogP contribution in [0.25, 0.3) is 0 Å². The van der Waals surface area contributed by atoms with Crippen molar-refractivity contribution in [3.05, 3.63) is 22.7 Å². The first-order valence-corrected chi connectivity index (χ1v) is 33.8. The highest BCUT2D eigenvalue weighted by molar-refractivity contribution is 7.47. The fraction of sp³-hybridized carbons (Fsp3) is 0.903. The van der Waals surface area contributed by atoms with Gasteiger partial charge < -0.3 is 34.6 Å². The maximum absolute atomic E-state index is 13.1. The molecule has 16 heteroatoms. The number of rotatable bonds is 56. The minimum atomic E-state index is -4.80. The first kappa shape index (κ1) is 71.9. The molecule has 1 aliphatic heterocycles. The molecule has 1 aromatic heterocycles. The van der Waals surface area contributed by atoms with Gasteiger partial charge in [-0.25, -0.2) is 9.36 Å². The van der Waals surface area contributed by atoms with E-state index in [0.717, 1.165) is 68.8 Å². The number of nitrogens with zero attached hydrogens (tertiary/aromatic N) is 2. The number of aromatic nitrogens is 2. The third kappa shape index (κ3) is 38.5. The summed E-state index contributed by atoms with van der Waals surface area (Å²) < 4.78 is 42.0. The number of phosphoric ester groups is 1. The zero-order valence-corrected chi connectivity index (χ0v) is 50.7. The maximum atomic E-state index is 13.1. The molecule has 1 aromatic rings. The highest BCUT2D eigenvalue weighted by Crippen LogP contribution is 2.44. The molecule has 2 rings (SSSR count). The third-order valence-corrected chi connectivity index (χ3v) is 16.2. The zero-order valence-electron chi connectivity index (χ0n) is 49.8. The van der Waals surface area contributed by atoms with Crippen LogP contribution in [0.1, 0.15) is 310 Å². The molecular formula is C62H116N3O12P. The molecular weight excluding hydrogens is 1010 g/mol. The Kier molecular flexibility index (Phi) is 45.5. The van der Waals surface area contributed by atoms with Gasteiger partial charge in [0.2, 0.25) is 5.91 Å². The Morgan fingerprint density at radius 2 is 0.974 bits per heavy atom. The van der Waals surface area contributed by atoms with Gasteiger partial charge in [0, 0.05) is 25.6 Å². The molecule has 0 bridgehead atoms. The Hall–Kier alpha value is -2.23. The van der Waals surface area contributed by atoms with Crippen LogP contribution in [0.5, 0.6) is 0 Å². The van der Waals surface area contributed by atoms with Crippen LogP contribution in [0.4, 0.5) is 5.82 Å². The van der Waals surface area contributed by atoms with E-state index in [1.165, 1.54) is 211 Å². The summed E-state index contributed by atoms with van der Waals surface area (Å²) in [5, 5.41) is 24.3. The van der Waals surface area contributed by atoms with Crippen LogP contribution in [0.3, 0.4) is 0 Å². The van der Waals surface area contributed by atoms with Crippen LogP contribution in [-0.4, -0.2) is 87.4 Å². The van der Waals surface area contributed by atoms with Crippen molar-refractivity contribution in [1.82, 2.24) is 9.55 Å². The van der Waals surface area contributed by atoms with Crippen LogP contribution < -0.4 is 11.0 Å². The smallest absolute Gasteiger partial charge is 0.457 e.